The number of thioether (sulfide) groups is 1. The molecule has 1 aromatic heterocycles. The first-order chi connectivity index (χ1) is 24.1. The summed E-state index contributed by atoms with van der Waals surface area (Å²) >= 11 is 1.57. The van der Waals surface area contributed by atoms with Gasteiger partial charge in [0.15, 0.2) is 0 Å². The van der Waals surface area contributed by atoms with E-state index in [-0.39, 0.29) is 28.6 Å². The lowest BCUT2D eigenvalue weighted by molar-refractivity contribution is -0.126. The van der Waals surface area contributed by atoms with E-state index in [1.807, 2.05) is 13.0 Å². The normalized spacial score (nSPS) is 15.8. The zero-order valence-corrected chi connectivity index (χ0v) is 30.1. The van der Waals surface area contributed by atoms with E-state index in [2.05, 4.69) is 34.8 Å². The number of aliphatic hydroxyl groups excluding tert-OH is 2. The highest BCUT2D eigenvalue weighted by Crippen LogP contribution is 2.23. The summed E-state index contributed by atoms with van der Waals surface area (Å²) in [5, 5.41) is 31.9. The molecule has 50 heavy (non-hydrogen) atoms. The SMILES string of the molecule is CCCC[C@@H](NC(=O)C1=CCCC=C1)[C@@H](O)[C@H](O)[C@H](Cc1cc(F)cc(F)c1)NC(=O)[C@@H](CSC(CCC)CCC)NC(=O)c1cccnc1. The second kappa shape index (κ2) is 21.6. The van der Waals surface area contributed by atoms with Crippen molar-refractivity contribution in [3.8, 4) is 0 Å². The van der Waals surface area contributed by atoms with E-state index in [0.29, 0.717) is 24.8 Å². The number of rotatable bonds is 21. The molecule has 0 aliphatic heterocycles. The van der Waals surface area contributed by atoms with Crippen LogP contribution in [0.2, 0.25) is 0 Å². The van der Waals surface area contributed by atoms with Crippen molar-refractivity contribution in [3.05, 3.63) is 89.3 Å². The molecule has 3 rings (SSSR count). The number of unbranched alkanes of at least 4 members (excludes halogenated alkanes) is 1. The Labute approximate surface area is 298 Å². The summed E-state index contributed by atoms with van der Waals surface area (Å²) < 4.78 is 28.5. The number of benzene rings is 1. The third kappa shape index (κ3) is 13.3. The Hall–Kier alpha value is -3.61. The molecule has 3 amide bonds. The number of halogens is 2. The Morgan fingerprint density at radius 3 is 2.18 bits per heavy atom. The zero-order chi connectivity index (χ0) is 36.5. The van der Waals surface area contributed by atoms with Crippen molar-refractivity contribution in [2.45, 2.75) is 121 Å². The van der Waals surface area contributed by atoms with E-state index in [0.717, 1.165) is 56.7 Å². The summed E-state index contributed by atoms with van der Waals surface area (Å²) in [5.41, 5.74) is 0.851. The van der Waals surface area contributed by atoms with Gasteiger partial charge in [-0.3, -0.25) is 19.4 Å². The molecule has 2 aromatic rings. The second-order valence-corrected chi connectivity index (χ2v) is 14.1. The van der Waals surface area contributed by atoms with Crippen LogP contribution >= 0.6 is 11.8 Å². The molecule has 1 aliphatic rings. The van der Waals surface area contributed by atoms with Crippen LogP contribution in [-0.4, -0.2) is 74.3 Å². The van der Waals surface area contributed by atoms with Gasteiger partial charge in [-0.25, -0.2) is 8.78 Å². The summed E-state index contributed by atoms with van der Waals surface area (Å²) in [6, 6.07) is 2.90. The fourth-order valence-corrected chi connectivity index (χ4v) is 7.40. The molecule has 1 aliphatic carbocycles. The summed E-state index contributed by atoms with van der Waals surface area (Å²) in [6.45, 7) is 6.13. The van der Waals surface area contributed by atoms with Gasteiger partial charge in [-0.15, -0.1) is 0 Å². The summed E-state index contributed by atoms with van der Waals surface area (Å²) in [6.07, 6.45) is 11.9. The van der Waals surface area contributed by atoms with Gasteiger partial charge >= 0.3 is 0 Å². The Morgan fingerprint density at radius 1 is 0.880 bits per heavy atom. The minimum absolute atomic E-state index is 0.141. The number of amides is 3. The van der Waals surface area contributed by atoms with E-state index in [9.17, 15) is 33.4 Å². The molecule has 5 N–H and O–H groups in total. The molecule has 5 atom stereocenters. The number of carbonyl (C=O) groups is 3. The van der Waals surface area contributed by atoms with Crippen molar-refractivity contribution >= 4 is 29.5 Å². The molecule has 0 saturated carbocycles. The molecule has 0 spiro atoms. The van der Waals surface area contributed by atoms with Crippen molar-refractivity contribution in [2.75, 3.05) is 5.75 Å². The molecule has 0 saturated heterocycles. The number of carbonyl (C=O) groups excluding carboxylic acids is 3. The van der Waals surface area contributed by atoms with Crippen LogP contribution in [0.3, 0.4) is 0 Å². The Kier molecular flexibility index (Phi) is 17.6. The molecule has 274 valence electrons. The number of allylic oxidation sites excluding steroid dienone is 2. The number of pyridine rings is 1. The van der Waals surface area contributed by atoms with Crippen molar-refractivity contribution in [3.63, 3.8) is 0 Å². The average molecular weight is 715 g/mol. The zero-order valence-electron chi connectivity index (χ0n) is 29.2. The van der Waals surface area contributed by atoms with Crippen molar-refractivity contribution in [1.82, 2.24) is 20.9 Å². The Balaban J connectivity index is 1.92. The van der Waals surface area contributed by atoms with E-state index >= 15 is 0 Å². The molecule has 9 nitrogen and oxygen atoms in total. The van der Waals surface area contributed by atoms with E-state index in [1.165, 1.54) is 12.4 Å². The first-order valence-electron chi connectivity index (χ1n) is 17.7. The largest absolute Gasteiger partial charge is 0.388 e. The number of hydrogen-bond donors (Lipinski definition) is 5. The van der Waals surface area contributed by atoms with Crippen molar-refractivity contribution in [2.24, 2.45) is 0 Å². The van der Waals surface area contributed by atoms with Gasteiger partial charge < -0.3 is 26.2 Å². The molecule has 0 radical (unpaired) electrons. The van der Waals surface area contributed by atoms with Gasteiger partial charge in [0, 0.05) is 35.0 Å². The number of aliphatic hydroxyl groups is 2. The number of nitrogens with zero attached hydrogens (tertiary/aromatic N) is 1. The number of hydrogen-bond acceptors (Lipinski definition) is 7. The molecule has 0 bridgehead atoms. The standard InChI is InChI=1S/C38H52F2N4O5S/c1-4-7-17-31(42-36(47)26-14-9-8-10-15-26)34(45)35(46)32(21-25-19-28(39)22-29(40)20-25)43-38(49)33(24-50-30(12-5-2)13-6-3)44-37(48)27-16-11-18-41-23-27/h9,11,14-16,18-20,22-23,30-35,45-46H,4-8,10,12-13,17,21,24H2,1-3H3,(H,42,47)(H,43,49)(H,44,48)/t31-,32+,33-,34-,35-/m1/s1. The van der Waals surface area contributed by atoms with Gasteiger partial charge in [0.05, 0.1) is 17.6 Å². The van der Waals surface area contributed by atoms with E-state index in [1.54, 1.807) is 36.0 Å². The van der Waals surface area contributed by atoms with Crippen LogP contribution in [0.4, 0.5) is 8.78 Å². The minimum Gasteiger partial charge on any atom is -0.388 e. The highest BCUT2D eigenvalue weighted by molar-refractivity contribution is 8.00. The second-order valence-electron chi connectivity index (χ2n) is 12.7. The molecule has 1 aromatic carbocycles. The molecule has 12 heteroatoms. The Morgan fingerprint density at radius 2 is 1.58 bits per heavy atom. The van der Waals surface area contributed by atoms with Crippen LogP contribution in [-0.2, 0) is 16.0 Å². The van der Waals surface area contributed by atoms with E-state index in [4.69, 9.17) is 0 Å². The lowest BCUT2D eigenvalue weighted by atomic mass is 9.91. The summed E-state index contributed by atoms with van der Waals surface area (Å²) in [4.78, 5) is 44.4. The van der Waals surface area contributed by atoms with E-state index < -0.39 is 59.7 Å². The summed E-state index contributed by atoms with van der Waals surface area (Å²) in [5.74, 6) is -3.00. The molecule has 1 heterocycles. The minimum atomic E-state index is -1.67. The van der Waals surface area contributed by atoms with Gasteiger partial charge in [-0.2, -0.15) is 11.8 Å². The highest BCUT2D eigenvalue weighted by Gasteiger charge is 2.36. The smallest absolute Gasteiger partial charge is 0.253 e. The monoisotopic (exact) mass is 714 g/mol. The van der Waals surface area contributed by atoms with Crippen LogP contribution in [0.25, 0.3) is 0 Å². The first-order valence-corrected chi connectivity index (χ1v) is 18.7. The topological polar surface area (TPSA) is 141 Å². The number of nitrogens with one attached hydrogen (secondary N) is 3. The molecular formula is C38H52F2N4O5S. The highest BCUT2D eigenvalue weighted by atomic mass is 32.2. The predicted molar refractivity (Wildman–Crippen MR) is 193 cm³/mol. The van der Waals surface area contributed by atoms with Crippen LogP contribution in [0, 0.1) is 11.6 Å². The van der Waals surface area contributed by atoms with Gasteiger partial charge in [-0.05, 0) is 68.4 Å². The Bertz CT molecular complexity index is 1420. The van der Waals surface area contributed by atoms with Gasteiger partial charge in [0.1, 0.15) is 29.9 Å². The third-order valence-electron chi connectivity index (χ3n) is 8.59. The van der Waals surface area contributed by atoms with Crippen molar-refractivity contribution < 1.29 is 33.4 Å². The van der Waals surface area contributed by atoms with Gasteiger partial charge in [0.2, 0.25) is 5.91 Å². The average Bonchev–Trinajstić information content (AvgIpc) is 3.11. The molecule has 0 fully saturated rings. The van der Waals surface area contributed by atoms with Crippen LogP contribution in [0.1, 0.15) is 94.5 Å². The van der Waals surface area contributed by atoms with Gasteiger partial charge in [0.25, 0.3) is 11.8 Å². The fraction of sp³-hybridized carbons (Fsp3) is 0.526. The maximum Gasteiger partial charge on any atom is 0.253 e. The quantitative estimate of drug-likeness (QED) is 0.114. The maximum absolute atomic E-state index is 14.3. The summed E-state index contributed by atoms with van der Waals surface area (Å²) in [7, 11) is 0. The molecular weight excluding hydrogens is 663 g/mol. The van der Waals surface area contributed by atoms with Gasteiger partial charge in [-0.1, -0.05) is 64.7 Å². The molecule has 0 unspecified atom stereocenters. The van der Waals surface area contributed by atoms with Crippen molar-refractivity contribution in [1.29, 1.82) is 0 Å². The third-order valence-corrected chi connectivity index (χ3v) is 10.1. The van der Waals surface area contributed by atoms with Crippen LogP contribution in [0.5, 0.6) is 0 Å². The lowest BCUT2D eigenvalue weighted by Crippen LogP contribution is -2.59. The van der Waals surface area contributed by atoms with Crippen LogP contribution in [0.15, 0.2) is 66.5 Å². The maximum atomic E-state index is 14.3. The fourth-order valence-electron chi connectivity index (χ4n) is 5.89. The van der Waals surface area contributed by atoms with Crippen LogP contribution < -0.4 is 16.0 Å². The number of aromatic nitrogens is 1. The first kappa shape index (κ1) is 40.8. The lowest BCUT2D eigenvalue weighted by Gasteiger charge is -2.34. The predicted octanol–water partition coefficient (Wildman–Crippen LogP) is 5.56.